The van der Waals surface area contributed by atoms with Crippen molar-refractivity contribution in [2.75, 3.05) is 0 Å². The second-order valence-corrected chi connectivity index (χ2v) is 3.52. The van der Waals surface area contributed by atoms with Gasteiger partial charge in [-0.1, -0.05) is 13.3 Å². The van der Waals surface area contributed by atoms with E-state index in [4.69, 9.17) is 5.11 Å². The molecule has 1 fully saturated rings. The van der Waals surface area contributed by atoms with Crippen LogP contribution in [-0.2, 0) is 4.79 Å². The van der Waals surface area contributed by atoms with E-state index in [1.807, 2.05) is 13.8 Å². The Morgan fingerprint density at radius 2 is 2.30 bits per heavy atom. The average Bonchev–Trinajstić information content (AvgIpc) is 2.15. The molecule has 1 rings (SSSR count). The van der Waals surface area contributed by atoms with Crippen molar-refractivity contribution in [2.24, 2.45) is 11.3 Å². The largest absolute Gasteiger partial charge is 0.481 e. The number of hydrogen-bond donors (Lipinski definition) is 1. The van der Waals surface area contributed by atoms with Crippen LogP contribution in [0.5, 0.6) is 0 Å². The van der Waals surface area contributed by atoms with Crippen LogP contribution in [0.15, 0.2) is 0 Å². The number of rotatable bonds is 1. The summed E-state index contributed by atoms with van der Waals surface area (Å²) in [6.07, 6.45) is 3.00. The van der Waals surface area contributed by atoms with Crippen molar-refractivity contribution in [1.29, 1.82) is 0 Å². The number of hydrogen-bond acceptors (Lipinski definition) is 1. The third-order valence-corrected chi connectivity index (χ3v) is 2.91. The summed E-state index contributed by atoms with van der Waals surface area (Å²) in [6.45, 7) is 3.88. The predicted octanol–water partition coefficient (Wildman–Crippen LogP) is 1.90. The van der Waals surface area contributed by atoms with Gasteiger partial charge in [0.25, 0.3) is 0 Å². The topological polar surface area (TPSA) is 37.3 Å². The SMILES string of the molecule is CC1CCCC1(C)C(=O)O. The molecule has 0 spiro atoms. The molecule has 1 aliphatic carbocycles. The van der Waals surface area contributed by atoms with Crippen LogP contribution in [0, 0.1) is 11.3 Å². The molecule has 1 N–H and O–H groups in total. The fourth-order valence-corrected chi connectivity index (χ4v) is 1.66. The van der Waals surface area contributed by atoms with E-state index < -0.39 is 11.4 Å². The molecule has 2 atom stereocenters. The zero-order valence-electron chi connectivity index (χ0n) is 6.55. The molecule has 0 saturated heterocycles. The molecule has 58 valence electrons. The van der Waals surface area contributed by atoms with Gasteiger partial charge in [0.1, 0.15) is 0 Å². The van der Waals surface area contributed by atoms with Gasteiger partial charge >= 0.3 is 5.97 Å². The molecule has 2 unspecified atom stereocenters. The van der Waals surface area contributed by atoms with Gasteiger partial charge in [-0.2, -0.15) is 0 Å². The van der Waals surface area contributed by atoms with Gasteiger partial charge in [0.2, 0.25) is 0 Å². The quantitative estimate of drug-likeness (QED) is 0.607. The van der Waals surface area contributed by atoms with Crippen LogP contribution in [0.2, 0.25) is 0 Å². The maximum absolute atomic E-state index is 10.7. The van der Waals surface area contributed by atoms with E-state index in [1.165, 1.54) is 0 Å². The number of carbonyl (C=O) groups is 1. The highest BCUT2D eigenvalue weighted by Gasteiger charge is 2.42. The number of carboxylic acid groups (broad SMARTS) is 1. The Morgan fingerprint density at radius 3 is 2.50 bits per heavy atom. The molecular weight excluding hydrogens is 128 g/mol. The van der Waals surface area contributed by atoms with E-state index in [-0.39, 0.29) is 0 Å². The molecule has 0 aromatic carbocycles. The first kappa shape index (κ1) is 7.58. The van der Waals surface area contributed by atoms with Gasteiger partial charge in [-0.25, -0.2) is 0 Å². The van der Waals surface area contributed by atoms with Crippen molar-refractivity contribution < 1.29 is 9.90 Å². The van der Waals surface area contributed by atoms with Gasteiger partial charge in [-0.3, -0.25) is 4.79 Å². The first-order chi connectivity index (χ1) is 4.57. The number of aliphatic carboxylic acids is 1. The van der Waals surface area contributed by atoms with Crippen LogP contribution in [0.25, 0.3) is 0 Å². The minimum atomic E-state index is -0.627. The Balaban J connectivity index is 2.75. The van der Waals surface area contributed by atoms with Crippen LogP contribution in [-0.4, -0.2) is 11.1 Å². The van der Waals surface area contributed by atoms with E-state index in [0.717, 1.165) is 19.3 Å². The van der Waals surface area contributed by atoms with Crippen LogP contribution in [0.4, 0.5) is 0 Å². The van der Waals surface area contributed by atoms with Crippen molar-refractivity contribution >= 4 is 5.97 Å². The highest BCUT2D eigenvalue weighted by atomic mass is 16.4. The first-order valence-corrected chi connectivity index (χ1v) is 3.81. The average molecular weight is 142 g/mol. The fourth-order valence-electron chi connectivity index (χ4n) is 1.66. The lowest BCUT2D eigenvalue weighted by Crippen LogP contribution is -2.29. The highest BCUT2D eigenvalue weighted by Crippen LogP contribution is 2.42. The van der Waals surface area contributed by atoms with E-state index in [0.29, 0.717) is 5.92 Å². The van der Waals surface area contributed by atoms with Crippen molar-refractivity contribution in [3.8, 4) is 0 Å². The smallest absolute Gasteiger partial charge is 0.309 e. The van der Waals surface area contributed by atoms with Crippen molar-refractivity contribution in [1.82, 2.24) is 0 Å². The van der Waals surface area contributed by atoms with Crippen molar-refractivity contribution in [3.05, 3.63) is 0 Å². The van der Waals surface area contributed by atoms with Crippen molar-refractivity contribution in [2.45, 2.75) is 33.1 Å². The molecule has 0 aliphatic heterocycles. The second-order valence-electron chi connectivity index (χ2n) is 3.52. The fraction of sp³-hybridized carbons (Fsp3) is 0.875. The van der Waals surface area contributed by atoms with E-state index in [9.17, 15) is 4.79 Å². The maximum atomic E-state index is 10.7. The zero-order valence-corrected chi connectivity index (χ0v) is 6.55. The standard InChI is InChI=1S/C8H14O2/c1-6-4-3-5-8(6,2)7(9)10/h6H,3-5H2,1-2H3,(H,9,10). The third-order valence-electron chi connectivity index (χ3n) is 2.91. The summed E-state index contributed by atoms with van der Waals surface area (Å²) in [4.78, 5) is 10.7. The van der Waals surface area contributed by atoms with Crippen LogP contribution >= 0.6 is 0 Å². The van der Waals surface area contributed by atoms with Gasteiger partial charge in [-0.05, 0) is 25.7 Å². The molecule has 0 heterocycles. The molecule has 10 heavy (non-hydrogen) atoms. The Labute approximate surface area is 61.2 Å². The molecule has 0 radical (unpaired) electrons. The summed E-state index contributed by atoms with van der Waals surface area (Å²) >= 11 is 0. The lowest BCUT2D eigenvalue weighted by molar-refractivity contribution is -0.149. The molecule has 0 aromatic heterocycles. The summed E-state index contributed by atoms with van der Waals surface area (Å²) < 4.78 is 0. The van der Waals surface area contributed by atoms with E-state index >= 15 is 0 Å². The molecular formula is C8H14O2. The van der Waals surface area contributed by atoms with Crippen LogP contribution in [0.1, 0.15) is 33.1 Å². The summed E-state index contributed by atoms with van der Waals surface area (Å²) in [7, 11) is 0. The van der Waals surface area contributed by atoms with Gasteiger partial charge < -0.3 is 5.11 Å². The lowest BCUT2D eigenvalue weighted by Gasteiger charge is -2.22. The maximum Gasteiger partial charge on any atom is 0.309 e. The second kappa shape index (κ2) is 2.26. The minimum absolute atomic E-state index is 0.352. The highest BCUT2D eigenvalue weighted by molar-refractivity contribution is 5.74. The lowest BCUT2D eigenvalue weighted by atomic mass is 9.81. The minimum Gasteiger partial charge on any atom is -0.481 e. The molecule has 0 aromatic rings. The van der Waals surface area contributed by atoms with Gasteiger partial charge in [-0.15, -0.1) is 0 Å². The van der Waals surface area contributed by atoms with Crippen molar-refractivity contribution in [3.63, 3.8) is 0 Å². The Morgan fingerprint density at radius 1 is 1.70 bits per heavy atom. The van der Waals surface area contributed by atoms with E-state index in [1.54, 1.807) is 0 Å². The first-order valence-electron chi connectivity index (χ1n) is 3.81. The van der Waals surface area contributed by atoms with Crippen LogP contribution < -0.4 is 0 Å². The zero-order chi connectivity index (χ0) is 7.78. The monoisotopic (exact) mass is 142 g/mol. The van der Waals surface area contributed by atoms with Gasteiger partial charge in [0, 0.05) is 0 Å². The molecule has 2 heteroatoms. The summed E-state index contributed by atoms with van der Waals surface area (Å²) in [5.74, 6) is -0.275. The summed E-state index contributed by atoms with van der Waals surface area (Å²) in [5.41, 5.74) is -0.431. The number of carboxylic acids is 1. The molecule has 2 nitrogen and oxygen atoms in total. The normalized spacial score (nSPS) is 40.0. The third kappa shape index (κ3) is 0.917. The molecule has 0 bridgehead atoms. The van der Waals surface area contributed by atoms with Gasteiger partial charge in [0.05, 0.1) is 5.41 Å². The Bertz CT molecular complexity index is 153. The Kier molecular flexibility index (Phi) is 1.71. The van der Waals surface area contributed by atoms with E-state index in [2.05, 4.69) is 0 Å². The predicted molar refractivity (Wildman–Crippen MR) is 38.8 cm³/mol. The summed E-state index contributed by atoms with van der Waals surface area (Å²) in [5, 5.41) is 8.84. The Hall–Kier alpha value is -0.530. The molecule has 0 amide bonds. The van der Waals surface area contributed by atoms with Gasteiger partial charge in [0.15, 0.2) is 0 Å². The van der Waals surface area contributed by atoms with Crippen LogP contribution in [0.3, 0.4) is 0 Å². The summed E-state index contributed by atoms with van der Waals surface area (Å²) in [6, 6.07) is 0. The molecule has 1 aliphatic rings. The molecule has 1 saturated carbocycles.